The molecule has 6 heteroatoms. The maximum Gasteiger partial charge on any atom is 0.227 e. The highest BCUT2D eigenvalue weighted by atomic mass is 35.5. The summed E-state index contributed by atoms with van der Waals surface area (Å²) in [6.45, 7) is 5.09. The number of piperidine rings is 1. The first-order chi connectivity index (χ1) is 13.0. The second-order valence-electron chi connectivity index (χ2n) is 8.00. The predicted octanol–water partition coefficient (Wildman–Crippen LogP) is 3.47. The Kier molecular flexibility index (Phi) is 5.13. The zero-order valence-corrected chi connectivity index (χ0v) is 16.5. The van der Waals surface area contributed by atoms with Gasteiger partial charge in [0.05, 0.1) is 5.92 Å². The molecule has 1 aromatic heterocycles. The number of carbonyl (C=O) groups excluding carboxylic acids is 2. The Bertz CT molecular complexity index is 854. The third-order valence-corrected chi connectivity index (χ3v) is 6.27. The first kappa shape index (κ1) is 18.4. The first-order valence-corrected chi connectivity index (χ1v) is 10.2. The average molecular weight is 388 g/mol. The van der Waals surface area contributed by atoms with E-state index in [1.54, 1.807) is 0 Å². The normalized spacial score (nSPS) is 21.4. The minimum absolute atomic E-state index is 0.0941. The molecule has 0 spiro atoms. The van der Waals surface area contributed by atoms with Crippen molar-refractivity contribution in [2.75, 3.05) is 26.2 Å². The van der Waals surface area contributed by atoms with Gasteiger partial charge in [0.1, 0.15) is 0 Å². The van der Waals surface area contributed by atoms with Crippen LogP contribution >= 0.6 is 11.6 Å². The van der Waals surface area contributed by atoms with Crippen LogP contribution in [-0.4, -0.2) is 52.8 Å². The number of amides is 2. The lowest BCUT2D eigenvalue weighted by Gasteiger charge is -2.32. The molecule has 27 heavy (non-hydrogen) atoms. The van der Waals surface area contributed by atoms with Crippen LogP contribution in [0.4, 0.5) is 0 Å². The van der Waals surface area contributed by atoms with Crippen molar-refractivity contribution in [2.45, 2.75) is 32.6 Å². The number of carbonyl (C=O) groups is 2. The van der Waals surface area contributed by atoms with Gasteiger partial charge in [-0.15, -0.1) is 0 Å². The van der Waals surface area contributed by atoms with E-state index in [-0.39, 0.29) is 17.7 Å². The Labute approximate surface area is 164 Å². The Morgan fingerprint density at radius 1 is 1.30 bits per heavy atom. The molecule has 2 aliphatic heterocycles. The van der Waals surface area contributed by atoms with Gasteiger partial charge in [0.25, 0.3) is 0 Å². The van der Waals surface area contributed by atoms with Gasteiger partial charge in [-0.05, 0) is 48.9 Å². The van der Waals surface area contributed by atoms with E-state index in [4.69, 9.17) is 11.6 Å². The lowest BCUT2D eigenvalue weighted by Crippen LogP contribution is -2.42. The van der Waals surface area contributed by atoms with E-state index in [0.717, 1.165) is 48.8 Å². The van der Waals surface area contributed by atoms with Gasteiger partial charge in [0.15, 0.2) is 0 Å². The number of hydrogen-bond donors (Lipinski definition) is 1. The largest absolute Gasteiger partial charge is 0.361 e. The molecule has 144 valence electrons. The molecule has 0 bridgehead atoms. The maximum atomic E-state index is 12.8. The van der Waals surface area contributed by atoms with E-state index in [9.17, 15) is 9.59 Å². The van der Waals surface area contributed by atoms with Crippen molar-refractivity contribution in [3.63, 3.8) is 0 Å². The number of fused-ring (bicyclic) bond motifs is 1. The minimum Gasteiger partial charge on any atom is -0.361 e. The number of aromatic amines is 1. The highest BCUT2D eigenvalue weighted by Crippen LogP contribution is 2.26. The molecule has 2 aromatic rings. The Balaban J connectivity index is 1.36. The Morgan fingerprint density at radius 2 is 2.07 bits per heavy atom. The summed E-state index contributed by atoms with van der Waals surface area (Å²) in [5.41, 5.74) is 2.20. The fraction of sp³-hybridized carbons (Fsp3) is 0.524. The average Bonchev–Trinajstić information content (AvgIpc) is 3.23. The maximum absolute atomic E-state index is 12.8. The van der Waals surface area contributed by atoms with Gasteiger partial charge < -0.3 is 14.8 Å². The van der Waals surface area contributed by atoms with Crippen LogP contribution in [0.3, 0.4) is 0 Å². The molecule has 1 N–H and O–H groups in total. The first-order valence-electron chi connectivity index (χ1n) is 9.83. The molecule has 2 amide bonds. The summed E-state index contributed by atoms with van der Waals surface area (Å²) >= 11 is 6.11. The summed E-state index contributed by atoms with van der Waals surface area (Å²) in [6, 6.07) is 5.79. The van der Waals surface area contributed by atoms with Crippen LogP contribution in [-0.2, 0) is 16.0 Å². The van der Waals surface area contributed by atoms with E-state index in [0.29, 0.717) is 30.5 Å². The molecule has 4 rings (SSSR count). The summed E-state index contributed by atoms with van der Waals surface area (Å²) in [4.78, 5) is 32.3. The molecule has 1 aromatic carbocycles. The van der Waals surface area contributed by atoms with Gasteiger partial charge in [-0.2, -0.15) is 0 Å². The third-order valence-electron chi connectivity index (χ3n) is 6.04. The van der Waals surface area contributed by atoms with Gasteiger partial charge in [0, 0.05) is 54.7 Å². The molecule has 5 nitrogen and oxygen atoms in total. The van der Waals surface area contributed by atoms with Crippen molar-refractivity contribution in [3.8, 4) is 0 Å². The molecule has 0 radical (unpaired) electrons. The summed E-state index contributed by atoms with van der Waals surface area (Å²) in [7, 11) is 0. The van der Waals surface area contributed by atoms with Crippen LogP contribution in [0, 0.1) is 11.8 Å². The van der Waals surface area contributed by atoms with Crippen molar-refractivity contribution >= 4 is 34.3 Å². The van der Waals surface area contributed by atoms with E-state index < -0.39 is 0 Å². The van der Waals surface area contributed by atoms with Crippen LogP contribution in [0.15, 0.2) is 24.4 Å². The highest BCUT2D eigenvalue weighted by Gasteiger charge is 2.36. The summed E-state index contributed by atoms with van der Waals surface area (Å²) < 4.78 is 0. The van der Waals surface area contributed by atoms with Crippen molar-refractivity contribution in [1.29, 1.82) is 0 Å². The molecular weight excluding hydrogens is 362 g/mol. The lowest BCUT2D eigenvalue weighted by molar-refractivity contribution is -0.137. The highest BCUT2D eigenvalue weighted by molar-refractivity contribution is 6.31. The molecule has 2 aliphatic rings. The number of H-pyrrole nitrogens is 1. The lowest BCUT2D eigenvalue weighted by atomic mass is 9.97. The molecule has 0 unspecified atom stereocenters. The quantitative estimate of drug-likeness (QED) is 0.873. The monoisotopic (exact) mass is 387 g/mol. The number of nitrogens with one attached hydrogen (secondary N) is 1. The number of rotatable bonds is 4. The number of benzene rings is 1. The summed E-state index contributed by atoms with van der Waals surface area (Å²) in [5, 5.41) is 1.81. The summed E-state index contributed by atoms with van der Waals surface area (Å²) in [6.07, 6.45) is 5.23. The second kappa shape index (κ2) is 7.55. The van der Waals surface area contributed by atoms with Crippen LogP contribution in [0.5, 0.6) is 0 Å². The Morgan fingerprint density at radius 3 is 2.85 bits per heavy atom. The zero-order valence-electron chi connectivity index (χ0n) is 15.7. The number of nitrogens with zero attached hydrogens (tertiary/aromatic N) is 2. The van der Waals surface area contributed by atoms with E-state index in [1.165, 1.54) is 0 Å². The smallest absolute Gasteiger partial charge is 0.227 e. The van der Waals surface area contributed by atoms with Crippen molar-refractivity contribution in [1.82, 2.24) is 14.8 Å². The van der Waals surface area contributed by atoms with Gasteiger partial charge in [0.2, 0.25) is 11.8 Å². The van der Waals surface area contributed by atoms with E-state index in [2.05, 4.69) is 11.9 Å². The molecule has 3 heterocycles. The van der Waals surface area contributed by atoms with Crippen LogP contribution in [0.25, 0.3) is 10.9 Å². The fourth-order valence-corrected chi connectivity index (χ4v) is 4.43. The van der Waals surface area contributed by atoms with Crippen LogP contribution in [0.2, 0.25) is 5.02 Å². The van der Waals surface area contributed by atoms with Gasteiger partial charge in [-0.3, -0.25) is 9.59 Å². The molecule has 2 fully saturated rings. The van der Waals surface area contributed by atoms with Crippen molar-refractivity contribution < 1.29 is 9.59 Å². The van der Waals surface area contributed by atoms with Crippen molar-refractivity contribution in [3.05, 3.63) is 35.0 Å². The topological polar surface area (TPSA) is 56.4 Å². The minimum atomic E-state index is -0.177. The Hall–Kier alpha value is -2.01. The SMILES string of the molecule is CC1CCN(C(=O)[C@@H]2CC(=O)N(CCc3c[nH]c4ccc(Cl)cc34)C2)CC1. The second-order valence-corrected chi connectivity index (χ2v) is 8.44. The molecule has 0 aliphatic carbocycles. The predicted molar refractivity (Wildman–Crippen MR) is 107 cm³/mol. The standard InChI is InChI=1S/C21H26ClN3O2/c1-14-4-7-24(8-5-14)21(27)16-10-20(26)25(13-16)9-6-15-12-23-19-3-2-17(22)11-18(15)19/h2-3,11-12,14,16,23H,4-10,13H2,1H3/t16-/m1/s1. The molecule has 1 atom stereocenters. The van der Waals surface area contributed by atoms with Gasteiger partial charge in [-0.25, -0.2) is 0 Å². The number of halogens is 1. The summed E-state index contributed by atoms with van der Waals surface area (Å²) in [5.74, 6) is 0.775. The van der Waals surface area contributed by atoms with Crippen molar-refractivity contribution in [2.24, 2.45) is 11.8 Å². The van der Waals surface area contributed by atoms with Crippen LogP contribution < -0.4 is 0 Å². The number of likely N-dealkylation sites (tertiary alicyclic amines) is 2. The van der Waals surface area contributed by atoms with E-state index >= 15 is 0 Å². The third kappa shape index (κ3) is 3.84. The van der Waals surface area contributed by atoms with Gasteiger partial charge >= 0.3 is 0 Å². The molecule has 0 saturated carbocycles. The van der Waals surface area contributed by atoms with E-state index in [1.807, 2.05) is 34.2 Å². The fourth-order valence-electron chi connectivity index (χ4n) is 4.25. The number of aromatic nitrogens is 1. The molecule has 2 saturated heterocycles. The number of hydrogen-bond acceptors (Lipinski definition) is 2. The van der Waals surface area contributed by atoms with Crippen LogP contribution in [0.1, 0.15) is 31.7 Å². The molecular formula is C21H26ClN3O2. The zero-order chi connectivity index (χ0) is 19.0. The van der Waals surface area contributed by atoms with Gasteiger partial charge in [-0.1, -0.05) is 18.5 Å².